The van der Waals surface area contributed by atoms with Crippen molar-refractivity contribution in [2.24, 2.45) is 0 Å². The highest BCUT2D eigenvalue weighted by Gasteiger charge is 2.33. The lowest BCUT2D eigenvalue weighted by Crippen LogP contribution is -2.58. The number of piperazine rings is 1. The van der Waals surface area contributed by atoms with E-state index in [-0.39, 0.29) is 0 Å². The highest BCUT2D eigenvalue weighted by Crippen LogP contribution is 2.32. The summed E-state index contributed by atoms with van der Waals surface area (Å²) in [5.74, 6) is 0. The Morgan fingerprint density at radius 3 is 3.05 bits per heavy atom. The third kappa shape index (κ3) is 2.52. The number of nitrogens with zero attached hydrogens (tertiary/aromatic N) is 2. The van der Waals surface area contributed by atoms with Gasteiger partial charge < -0.3 is 10.2 Å². The van der Waals surface area contributed by atoms with Gasteiger partial charge in [0.2, 0.25) is 0 Å². The summed E-state index contributed by atoms with van der Waals surface area (Å²) in [7, 11) is 0. The second-order valence-corrected chi connectivity index (χ2v) is 7.02. The van der Waals surface area contributed by atoms with Crippen LogP contribution in [-0.2, 0) is 6.42 Å². The molecule has 0 aromatic heterocycles. The maximum absolute atomic E-state index is 3.58. The molecule has 2 fully saturated rings. The molecular formula is C18H27N3. The maximum Gasteiger partial charge on any atom is 0.0393 e. The van der Waals surface area contributed by atoms with E-state index in [1.807, 2.05) is 0 Å². The lowest BCUT2D eigenvalue weighted by molar-refractivity contribution is 0.115. The predicted molar refractivity (Wildman–Crippen MR) is 89.3 cm³/mol. The van der Waals surface area contributed by atoms with Gasteiger partial charge in [-0.1, -0.05) is 12.5 Å². The van der Waals surface area contributed by atoms with E-state index in [1.54, 1.807) is 0 Å². The van der Waals surface area contributed by atoms with E-state index >= 15 is 0 Å². The first-order chi connectivity index (χ1) is 10.3. The molecule has 2 atom stereocenters. The SMILES string of the molecule is CC1CN2CCCCC2CN1c1ccc2c(c1)NCCC2. The molecule has 3 aliphatic rings. The van der Waals surface area contributed by atoms with Crippen molar-refractivity contribution >= 4 is 11.4 Å². The van der Waals surface area contributed by atoms with Crippen LogP contribution >= 0.6 is 0 Å². The summed E-state index contributed by atoms with van der Waals surface area (Å²) in [6.45, 7) is 7.27. The van der Waals surface area contributed by atoms with Crippen LogP contribution in [0.2, 0.25) is 0 Å². The number of benzene rings is 1. The van der Waals surface area contributed by atoms with E-state index in [0.717, 1.165) is 12.6 Å². The standard InChI is InChI=1S/C18H27N3/c1-14-12-20-10-3-2-6-17(20)13-21(14)16-8-7-15-5-4-9-19-18(15)11-16/h7-8,11,14,17,19H,2-6,9-10,12-13H2,1H3. The molecule has 3 heteroatoms. The van der Waals surface area contributed by atoms with E-state index in [9.17, 15) is 0 Å². The number of nitrogens with one attached hydrogen (secondary N) is 1. The summed E-state index contributed by atoms with van der Waals surface area (Å²) in [5.41, 5.74) is 4.28. The first kappa shape index (κ1) is 13.4. The van der Waals surface area contributed by atoms with Crippen molar-refractivity contribution in [3.05, 3.63) is 23.8 Å². The van der Waals surface area contributed by atoms with Crippen molar-refractivity contribution < 1.29 is 0 Å². The van der Waals surface area contributed by atoms with E-state index in [1.165, 1.54) is 68.7 Å². The minimum Gasteiger partial charge on any atom is -0.385 e. The minimum atomic E-state index is 0.626. The van der Waals surface area contributed by atoms with Crippen LogP contribution in [0.4, 0.5) is 11.4 Å². The maximum atomic E-state index is 3.58. The van der Waals surface area contributed by atoms with Gasteiger partial charge in [0.1, 0.15) is 0 Å². The third-order valence-electron chi connectivity index (χ3n) is 5.55. The Morgan fingerprint density at radius 1 is 1.14 bits per heavy atom. The van der Waals surface area contributed by atoms with Crippen molar-refractivity contribution in [3.8, 4) is 0 Å². The molecule has 3 nitrogen and oxygen atoms in total. The van der Waals surface area contributed by atoms with Gasteiger partial charge in [0.05, 0.1) is 0 Å². The van der Waals surface area contributed by atoms with Gasteiger partial charge >= 0.3 is 0 Å². The average molecular weight is 285 g/mol. The molecule has 2 saturated heterocycles. The number of anilines is 2. The van der Waals surface area contributed by atoms with Crippen LogP contribution in [0.15, 0.2) is 18.2 Å². The zero-order valence-corrected chi connectivity index (χ0v) is 13.1. The number of fused-ring (bicyclic) bond motifs is 2. The van der Waals surface area contributed by atoms with Crippen LogP contribution in [0.1, 0.15) is 38.2 Å². The van der Waals surface area contributed by atoms with E-state index < -0.39 is 0 Å². The van der Waals surface area contributed by atoms with Crippen LogP contribution < -0.4 is 10.2 Å². The Labute approximate surface area is 128 Å². The topological polar surface area (TPSA) is 18.5 Å². The van der Waals surface area contributed by atoms with Gasteiger partial charge in [-0.15, -0.1) is 0 Å². The molecule has 2 unspecified atom stereocenters. The van der Waals surface area contributed by atoms with Crippen LogP contribution in [0.5, 0.6) is 0 Å². The van der Waals surface area contributed by atoms with Crippen LogP contribution in [0.3, 0.4) is 0 Å². The highest BCUT2D eigenvalue weighted by molar-refractivity contribution is 5.64. The normalized spacial score (nSPS) is 29.5. The third-order valence-corrected chi connectivity index (χ3v) is 5.55. The Bertz CT molecular complexity index is 513. The lowest BCUT2D eigenvalue weighted by atomic mass is 9.96. The molecule has 1 N–H and O–H groups in total. The molecule has 1 aromatic rings. The summed E-state index contributed by atoms with van der Waals surface area (Å²) in [6, 6.07) is 8.49. The molecule has 0 radical (unpaired) electrons. The van der Waals surface area contributed by atoms with Crippen LogP contribution in [-0.4, -0.2) is 43.2 Å². The fourth-order valence-electron chi connectivity index (χ4n) is 4.34. The first-order valence-corrected chi connectivity index (χ1v) is 8.69. The predicted octanol–water partition coefficient (Wildman–Crippen LogP) is 3.11. The molecule has 4 rings (SSSR count). The molecule has 3 heterocycles. The van der Waals surface area contributed by atoms with Gasteiger partial charge in [0.25, 0.3) is 0 Å². The fraction of sp³-hybridized carbons (Fsp3) is 0.667. The van der Waals surface area contributed by atoms with E-state index in [2.05, 4.69) is 40.2 Å². The lowest BCUT2D eigenvalue weighted by Gasteiger charge is -2.48. The van der Waals surface area contributed by atoms with Crippen LogP contribution in [0.25, 0.3) is 0 Å². The molecule has 21 heavy (non-hydrogen) atoms. The Hall–Kier alpha value is -1.22. The number of hydrogen-bond donors (Lipinski definition) is 1. The number of piperidine rings is 1. The fourth-order valence-corrected chi connectivity index (χ4v) is 4.34. The second-order valence-electron chi connectivity index (χ2n) is 7.02. The molecule has 3 aliphatic heterocycles. The number of hydrogen-bond acceptors (Lipinski definition) is 3. The van der Waals surface area contributed by atoms with Crippen molar-refractivity contribution in [2.45, 2.75) is 51.1 Å². The summed E-state index contributed by atoms with van der Waals surface area (Å²) >= 11 is 0. The summed E-state index contributed by atoms with van der Waals surface area (Å²) < 4.78 is 0. The Kier molecular flexibility index (Phi) is 3.54. The summed E-state index contributed by atoms with van der Waals surface area (Å²) in [6.07, 6.45) is 6.69. The zero-order valence-electron chi connectivity index (χ0n) is 13.1. The van der Waals surface area contributed by atoms with Crippen molar-refractivity contribution in [1.29, 1.82) is 0 Å². The minimum absolute atomic E-state index is 0.626. The zero-order chi connectivity index (χ0) is 14.2. The van der Waals surface area contributed by atoms with Gasteiger partial charge in [-0.25, -0.2) is 0 Å². The van der Waals surface area contributed by atoms with Crippen LogP contribution in [0, 0.1) is 0 Å². The molecule has 0 amide bonds. The molecule has 114 valence electrons. The highest BCUT2D eigenvalue weighted by atomic mass is 15.3. The molecule has 0 aliphatic carbocycles. The second kappa shape index (κ2) is 5.53. The molecule has 1 aromatic carbocycles. The van der Waals surface area contributed by atoms with Gasteiger partial charge in [-0.3, -0.25) is 4.90 Å². The van der Waals surface area contributed by atoms with Crippen molar-refractivity contribution in [3.63, 3.8) is 0 Å². The monoisotopic (exact) mass is 285 g/mol. The van der Waals surface area contributed by atoms with Gasteiger partial charge in [0.15, 0.2) is 0 Å². The van der Waals surface area contributed by atoms with E-state index in [0.29, 0.717) is 6.04 Å². The molecule has 0 spiro atoms. The summed E-state index contributed by atoms with van der Waals surface area (Å²) in [4.78, 5) is 5.37. The van der Waals surface area contributed by atoms with Gasteiger partial charge in [0, 0.05) is 43.1 Å². The van der Waals surface area contributed by atoms with E-state index in [4.69, 9.17) is 0 Å². The molecular weight excluding hydrogens is 258 g/mol. The van der Waals surface area contributed by atoms with Crippen molar-refractivity contribution in [2.75, 3.05) is 36.4 Å². The van der Waals surface area contributed by atoms with Crippen molar-refractivity contribution in [1.82, 2.24) is 4.90 Å². The number of aryl methyl sites for hydroxylation is 1. The van der Waals surface area contributed by atoms with Gasteiger partial charge in [-0.05, 0) is 56.8 Å². The van der Waals surface area contributed by atoms with Gasteiger partial charge in [-0.2, -0.15) is 0 Å². The summed E-state index contributed by atoms with van der Waals surface area (Å²) in [5, 5.41) is 3.58. The molecule has 0 saturated carbocycles. The Morgan fingerprint density at radius 2 is 2.10 bits per heavy atom. The Balaban J connectivity index is 1.57. The smallest absolute Gasteiger partial charge is 0.0393 e. The quantitative estimate of drug-likeness (QED) is 0.855. The number of rotatable bonds is 1. The largest absolute Gasteiger partial charge is 0.385 e. The molecule has 0 bridgehead atoms. The average Bonchev–Trinajstić information content (AvgIpc) is 2.54. The first-order valence-electron chi connectivity index (χ1n) is 8.69.